The highest BCUT2D eigenvalue weighted by atomic mass is 79.9. The molecule has 0 fully saturated rings. The second-order valence-corrected chi connectivity index (χ2v) is 5.84. The van der Waals surface area contributed by atoms with E-state index in [0.717, 1.165) is 23.5 Å². The van der Waals surface area contributed by atoms with Crippen molar-refractivity contribution in [3.63, 3.8) is 0 Å². The quantitative estimate of drug-likeness (QED) is 0.794. The monoisotopic (exact) mass is 349 g/mol. The molecule has 108 valence electrons. The Hall–Kier alpha value is -1.95. The van der Waals surface area contributed by atoms with E-state index in [9.17, 15) is 4.79 Å². The van der Waals surface area contributed by atoms with Gasteiger partial charge in [0.1, 0.15) is 0 Å². The number of nitrogens with zero attached hydrogens (tertiary/aromatic N) is 1. The van der Waals surface area contributed by atoms with Crippen molar-refractivity contribution in [2.45, 2.75) is 13.0 Å². The molecule has 0 radical (unpaired) electrons. The first-order valence-electron chi connectivity index (χ1n) is 6.67. The lowest BCUT2D eigenvalue weighted by Crippen LogP contribution is -2.35. The van der Waals surface area contributed by atoms with Crippen LogP contribution in [0.4, 0.5) is 0 Å². The highest BCUT2D eigenvalue weighted by Gasteiger charge is 2.26. The summed E-state index contributed by atoms with van der Waals surface area (Å²) >= 11 is 3.22. The van der Waals surface area contributed by atoms with Crippen molar-refractivity contribution in [2.24, 2.45) is 0 Å². The van der Waals surface area contributed by atoms with Crippen molar-refractivity contribution in [1.29, 1.82) is 0 Å². The van der Waals surface area contributed by atoms with Crippen LogP contribution in [-0.2, 0) is 13.0 Å². The third kappa shape index (κ3) is 2.19. The van der Waals surface area contributed by atoms with Crippen LogP contribution < -0.4 is 9.47 Å². The third-order valence-corrected chi connectivity index (χ3v) is 4.20. The van der Waals surface area contributed by atoms with E-state index in [0.29, 0.717) is 23.5 Å². The van der Waals surface area contributed by atoms with E-state index in [1.54, 1.807) is 17.0 Å². The number of fused-ring (bicyclic) bond motifs is 2. The fourth-order valence-electron chi connectivity index (χ4n) is 2.70. The number of benzene rings is 1. The molecule has 0 saturated carbocycles. The van der Waals surface area contributed by atoms with Gasteiger partial charge in [-0.25, -0.2) is 0 Å². The second-order valence-electron chi connectivity index (χ2n) is 5.05. The molecule has 0 atom stereocenters. The molecule has 21 heavy (non-hydrogen) atoms. The smallest absolute Gasteiger partial charge is 0.289 e. The summed E-state index contributed by atoms with van der Waals surface area (Å²) in [6.07, 6.45) is 0.805. The number of hydrogen-bond donors (Lipinski definition) is 0. The van der Waals surface area contributed by atoms with Crippen molar-refractivity contribution >= 4 is 21.8 Å². The summed E-state index contributed by atoms with van der Waals surface area (Å²) in [7, 11) is 0. The van der Waals surface area contributed by atoms with Crippen molar-refractivity contribution in [2.75, 3.05) is 13.3 Å². The molecule has 5 nitrogen and oxygen atoms in total. The number of halogens is 1. The first kappa shape index (κ1) is 12.8. The molecule has 3 heterocycles. The molecule has 2 aliphatic rings. The van der Waals surface area contributed by atoms with E-state index >= 15 is 0 Å². The Morgan fingerprint density at radius 3 is 2.62 bits per heavy atom. The molecule has 1 aromatic carbocycles. The summed E-state index contributed by atoms with van der Waals surface area (Å²) in [6, 6.07) is 7.39. The molecule has 2 aliphatic heterocycles. The molecule has 6 heteroatoms. The minimum atomic E-state index is -0.0935. The Labute approximate surface area is 129 Å². The van der Waals surface area contributed by atoms with Gasteiger partial charge in [0.05, 0.1) is 0 Å². The van der Waals surface area contributed by atoms with Gasteiger partial charge < -0.3 is 18.8 Å². The minimum absolute atomic E-state index is 0.0935. The normalized spacial score (nSPS) is 16.0. The van der Waals surface area contributed by atoms with Gasteiger partial charge in [-0.3, -0.25) is 4.79 Å². The van der Waals surface area contributed by atoms with Gasteiger partial charge in [0.15, 0.2) is 21.9 Å². The first-order chi connectivity index (χ1) is 10.2. The third-order valence-electron chi connectivity index (χ3n) is 3.78. The van der Waals surface area contributed by atoms with Gasteiger partial charge in [0, 0.05) is 13.1 Å². The van der Waals surface area contributed by atoms with Crippen LogP contribution in [0, 0.1) is 0 Å². The van der Waals surface area contributed by atoms with Crippen molar-refractivity contribution < 1.29 is 18.7 Å². The summed E-state index contributed by atoms with van der Waals surface area (Å²) < 4.78 is 16.7. The van der Waals surface area contributed by atoms with Gasteiger partial charge >= 0.3 is 0 Å². The van der Waals surface area contributed by atoms with E-state index in [4.69, 9.17) is 13.9 Å². The maximum absolute atomic E-state index is 12.4. The predicted molar refractivity (Wildman–Crippen MR) is 77.4 cm³/mol. The van der Waals surface area contributed by atoms with Crippen LogP contribution in [0.2, 0.25) is 0 Å². The number of furan rings is 1. The van der Waals surface area contributed by atoms with Crippen molar-refractivity contribution in [3.8, 4) is 11.5 Å². The summed E-state index contributed by atoms with van der Waals surface area (Å²) in [5.74, 6) is 1.81. The number of ether oxygens (including phenoxy) is 2. The summed E-state index contributed by atoms with van der Waals surface area (Å²) in [4.78, 5) is 14.2. The molecule has 1 aromatic heterocycles. The van der Waals surface area contributed by atoms with Crippen LogP contribution >= 0.6 is 15.9 Å². The first-order valence-corrected chi connectivity index (χ1v) is 7.46. The SMILES string of the molecule is O=C(c1ccc(Br)o1)N1CCc2cc3c(cc2C1)OCO3. The predicted octanol–water partition coefficient (Wildman–Crippen LogP) is 2.97. The zero-order valence-electron chi connectivity index (χ0n) is 11.1. The molecular weight excluding hydrogens is 338 g/mol. The molecule has 0 saturated heterocycles. The van der Waals surface area contributed by atoms with Gasteiger partial charge in [-0.1, -0.05) is 0 Å². The van der Waals surface area contributed by atoms with Crippen LogP contribution in [0.3, 0.4) is 0 Å². The Morgan fingerprint density at radius 1 is 1.14 bits per heavy atom. The van der Waals surface area contributed by atoms with E-state index in [1.165, 1.54) is 5.56 Å². The summed E-state index contributed by atoms with van der Waals surface area (Å²) in [5.41, 5.74) is 2.31. The van der Waals surface area contributed by atoms with Gasteiger partial charge in [0.2, 0.25) is 6.79 Å². The van der Waals surface area contributed by atoms with E-state index in [1.807, 2.05) is 12.1 Å². The molecule has 1 amide bonds. The molecular formula is C15H12BrNO4. The summed E-state index contributed by atoms with van der Waals surface area (Å²) in [6.45, 7) is 1.49. The molecule has 0 spiro atoms. The van der Waals surface area contributed by atoms with Crippen molar-refractivity contribution in [3.05, 3.63) is 45.8 Å². The second kappa shape index (κ2) is 4.80. The standard InChI is InChI=1S/C15H12BrNO4/c16-14-2-1-11(21-14)15(18)17-4-3-9-5-12-13(20-8-19-12)6-10(9)7-17/h1-2,5-6H,3-4,7-8H2. The Kier molecular flexibility index (Phi) is 2.92. The Bertz CT molecular complexity index is 724. The maximum atomic E-state index is 12.4. The average Bonchev–Trinajstić information content (AvgIpc) is 3.11. The Balaban J connectivity index is 1.60. The van der Waals surface area contributed by atoms with E-state index in [-0.39, 0.29) is 12.7 Å². The molecule has 0 aliphatic carbocycles. The fourth-order valence-corrected chi connectivity index (χ4v) is 3.01. The molecule has 0 N–H and O–H groups in total. The molecule has 0 bridgehead atoms. The molecule has 4 rings (SSSR count). The van der Waals surface area contributed by atoms with Gasteiger partial charge in [0.25, 0.3) is 5.91 Å². The number of rotatable bonds is 1. The van der Waals surface area contributed by atoms with E-state index in [2.05, 4.69) is 15.9 Å². The summed E-state index contributed by atoms with van der Waals surface area (Å²) in [5, 5.41) is 0. The van der Waals surface area contributed by atoms with Gasteiger partial charge in [-0.05, 0) is 57.7 Å². The lowest BCUT2D eigenvalue weighted by molar-refractivity contribution is 0.0701. The maximum Gasteiger partial charge on any atom is 0.289 e. The lowest BCUT2D eigenvalue weighted by Gasteiger charge is -2.28. The van der Waals surface area contributed by atoms with Gasteiger partial charge in [-0.2, -0.15) is 0 Å². The highest BCUT2D eigenvalue weighted by Crippen LogP contribution is 2.37. The van der Waals surface area contributed by atoms with Crippen LogP contribution in [0.25, 0.3) is 0 Å². The largest absolute Gasteiger partial charge is 0.454 e. The zero-order valence-corrected chi connectivity index (χ0v) is 12.7. The van der Waals surface area contributed by atoms with Crippen LogP contribution in [0.15, 0.2) is 33.4 Å². The van der Waals surface area contributed by atoms with Crippen molar-refractivity contribution in [1.82, 2.24) is 4.90 Å². The molecule has 0 unspecified atom stereocenters. The van der Waals surface area contributed by atoms with E-state index < -0.39 is 0 Å². The number of hydrogen-bond acceptors (Lipinski definition) is 4. The van der Waals surface area contributed by atoms with Gasteiger partial charge in [-0.15, -0.1) is 0 Å². The average molecular weight is 350 g/mol. The minimum Gasteiger partial charge on any atom is -0.454 e. The molecule has 2 aromatic rings. The number of carbonyl (C=O) groups excluding carboxylic acids is 1. The number of carbonyl (C=O) groups is 1. The van der Waals surface area contributed by atoms with Crippen LogP contribution in [-0.4, -0.2) is 24.1 Å². The topological polar surface area (TPSA) is 51.9 Å². The van der Waals surface area contributed by atoms with Crippen LogP contribution in [0.1, 0.15) is 21.7 Å². The van der Waals surface area contributed by atoms with Crippen LogP contribution in [0.5, 0.6) is 11.5 Å². The lowest BCUT2D eigenvalue weighted by atomic mass is 9.98. The Morgan fingerprint density at radius 2 is 1.90 bits per heavy atom. The zero-order chi connectivity index (χ0) is 14.4. The fraction of sp³-hybridized carbons (Fsp3) is 0.267. The number of amides is 1. The highest BCUT2D eigenvalue weighted by molar-refractivity contribution is 9.10.